The van der Waals surface area contributed by atoms with Gasteiger partial charge >= 0.3 is 5.97 Å². The van der Waals surface area contributed by atoms with Crippen molar-refractivity contribution in [3.05, 3.63) is 87.5 Å². The molecular formula is C41H57F5N4O3. The van der Waals surface area contributed by atoms with Gasteiger partial charge in [-0.3, -0.25) is 14.8 Å². The van der Waals surface area contributed by atoms with E-state index in [0.717, 1.165) is 20.3 Å². The molecule has 3 N–H and O–H groups in total. The van der Waals surface area contributed by atoms with Crippen LogP contribution in [0.5, 0.6) is 0 Å². The predicted molar refractivity (Wildman–Crippen MR) is 207 cm³/mol. The molecule has 0 aliphatic heterocycles. The zero-order valence-corrected chi connectivity index (χ0v) is 33.4. The SMILES string of the molecule is CC.CC.CC.CC(F)F.CCCNc1cc(C)c(C(=O)N[C@@H](Cc2ccc(-c3nc(C)c(C)c(C)c3C(C)(F)F)c3ncccc23)C(=O)O)c(F)c1. The number of pyridine rings is 2. The molecule has 2 aromatic heterocycles. The Labute approximate surface area is 311 Å². The Balaban J connectivity index is 0.00000245. The molecule has 0 aliphatic rings. The molecule has 0 saturated heterocycles. The van der Waals surface area contributed by atoms with Crippen LogP contribution in [0.25, 0.3) is 22.2 Å². The second-order valence-electron chi connectivity index (χ2n) is 11.4. The molecule has 0 bridgehead atoms. The summed E-state index contributed by atoms with van der Waals surface area (Å²) in [4.78, 5) is 34.4. The van der Waals surface area contributed by atoms with Crippen LogP contribution in [0.15, 0.2) is 42.6 Å². The van der Waals surface area contributed by atoms with E-state index in [0.29, 0.717) is 56.6 Å². The largest absolute Gasteiger partial charge is 0.480 e. The van der Waals surface area contributed by atoms with E-state index in [1.165, 1.54) is 12.3 Å². The molecule has 2 heterocycles. The molecule has 2 aromatic carbocycles. The fraction of sp³-hybridized carbons (Fsp3) is 0.463. The summed E-state index contributed by atoms with van der Waals surface area (Å²) in [7, 11) is 0. The smallest absolute Gasteiger partial charge is 0.326 e. The van der Waals surface area contributed by atoms with E-state index in [-0.39, 0.29) is 23.2 Å². The molecule has 4 rings (SSSR count). The minimum Gasteiger partial charge on any atom is -0.480 e. The molecule has 7 nitrogen and oxygen atoms in total. The molecular weight excluding hydrogens is 691 g/mol. The van der Waals surface area contributed by atoms with Crippen LogP contribution in [0, 0.1) is 33.5 Å². The zero-order chi connectivity index (χ0) is 41.2. The number of aromatic nitrogens is 2. The van der Waals surface area contributed by atoms with Crippen LogP contribution in [0.4, 0.5) is 27.6 Å². The third kappa shape index (κ3) is 13.4. The van der Waals surface area contributed by atoms with Gasteiger partial charge in [-0.05, 0) is 81.5 Å². The highest BCUT2D eigenvalue weighted by Gasteiger charge is 2.33. The van der Waals surface area contributed by atoms with Crippen LogP contribution < -0.4 is 10.6 Å². The molecule has 4 aromatic rings. The molecule has 0 unspecified atom stereocenters. The van der Waals surface area contributed by atoms with E-state index in [1.807, 2.05) is 48.5 Å². The van der Waals surface area contributed by atoms with Crippen LogP contribution in [0.1, 0.15) is 113 Å². The van der Waals surface area contributed by atoms with E-state index in [2.05, 4.69) is 20.6 Å². The maximum Gasteiger partial charge on any atom is 0.326 e. The standard InChI is InChI=1S/C33H35F3N4O3.C2H4F2.3C2H6/c1-7-12-37-22-14-17(2)27(25(34)16-22)31(41)40-26(32(42)43)15-21-10-11-24(29-23(21)9-8-13-38-29)30-28(33(6,35)36)19(4)18(3)20(5)39-30;1-2(3)4;3*1-2/h8-11,13-14,16,26,37H,7,12,15H2,1-6H3,(H,40,41)(H,42,43);2H,1H3;3*1-2H3/t26-;;;;/m0..../s1. The fourth-order valence-corrected chi connectivity index (χ4v) is 5.33. The zero-order valence-electron chi connectivity index (χ0n) is 33.4. The summed E-state index contributed by atoms with van der Waals surface area (Å²) >= 11 is 0. The van der Waals surface area contributed by atoms with Crippen molar-refractivity contribution in [3.63, 3.8) is 0 Å². The maximum atomic E-state index is 15.0. The number of nitrogens with one attached hydrogen (secondary N) is 2. The first-order chi connectivity index (χ1) is 25.0. The number of rotatable bonds is 10. The van der Waals surface area contributed by atoms with E-state index in [1.54, 1.807) is 58.0 Å². The molecule has 294 valence electrons. The first-order valence-corrected chi connectivity index (χ1v) is 18.1. The van der Waals surface area contributed by atoms with Gasteiger partial charge in [0.1, 0.15) is 11.9 Å². The Hall–Kier alpha value is -4.61. The molecule has 0 spiro atoms. The lowest BCUT2D eigenvalue weighted by atomic mass is 9.90. The Morgan fingerprint density at radius 2 is 1.53 bits per heavy atom. The number of carbonyl (C=O) groups excluding carboxylic acids is 1. The van der Waals surface area contributed by atoms with E-state index in [4.69, 9.17) is 0 Å². The molecule has 1 atom stereocenters. The average Bonchev–Trinajstić information content (AvgIpc) is 3.10. The number of carboxylic acids is 1. The van der Waals surface area contributed by atoms with Crippen molar-refractivity contribution in [3.8, 4) is 11.3 Å². The number of benzene rings is 2. The molecule has 53 heavy (non-hydrogen) atoms. The lowest BCUT2D eigenvalue weighted by molar-refractivity contribution is -0.139. The Morgan fingerprint density at radius 3 is 2.04 bits per heavy atom. The second kappa shape index (κ2) is 23.1. The van der Waals surface area contributed by atoms with Gasteiger partial charge in [-0.15, -0.1) is 0 Å². The minimum atomic E-state index is -3.18. The van der Waals surface area contributed by atoms with Crippen LogP contribution in [0.2, 0.25) is 0 Å². The lowest BCUT2D eigenvalue weighted by Crippen LogP contribution is -2.42. The second-order valence-corrected chi connectivity index (χ2v) is 11.4. The van der Waals surface area contributed by atoms with Gasteiger partial charge in [-0.25, -0.2) is 26.7 Å². The number of nitrogens with zero attached hydrogens (tertiary/aromatic N) is 2. The molecule has 1 amide bonds. The number of carbonyl (C=O) groups is 2. The van der Waals surface area contributed by atoms with E-state index in [9.17, 15) is 36.6 Å². The Bertz CT molecular complexity index is 1750. The van der Waals surface area contributed by atoms with Crippen molar-refractivity contribution in [1.29, 1.82) is 0 Å². The monoisotopic (exact) mass is 748 g/mol. The molecule has 0 aliphatic carbocycles. The molecule has 0 saturated carbocycles. The van der Waals surface area contributed by atoms with Crippen molar-refractivity contribution in [1.82, 2.24) is 15.3 Å². The number of amides is 1. The predicted octanol–water partition coefficient (Wildman–Crippen LogP) is 11.4. The van der Waals surface area contributed by atoms with Crippen LogP contribution >= 0.6 is 0 Å². The summed E-state index contributed by atoms with van der Waals surface area (Å²) in [5.74, 6) is -6.11. The number of alkyl halides is 4. The number of hydrogen-bond acceptors (Lipinski definition) is 5. The van der Waals surface area contributed by atoms with Crippen molar-refractivity contribution < 1.29 is 36.6 Å². The molecule has 12 heteroatoms. The van der Waals surface area contributed by atoms with E-state index < -0.39 is 36.1 Å². The topological polar surface area (TPSA) is 104 Å². The highest BCUT2D eigenvalue weighted by molar-refractivity contribution is 5.99. The average molecular weight is 749 g/mol. The highest BCUT2D eigenvalue weighted by atomic mass is 19.3. The van der Waals surface area contributed by atoms with Crippen molar-refractivity contribution in [2.24, 2.45) is 0 Å². The third-order valence-electron chi connectivity index (χ3n) is 7.67. The summed E-state index contributed by atoms with van der Waals surface area (Å²) in [6.07, 6.45) is 0.0340. The van der Waals surface area contributed by atoms with Gasteiger partial charge in [0, 0.05) is 48.4 Å². The fourth-order valence-electron chi connectivity index (χ4n) is 5.33. The lowest BCUT2D eigenvalue weighted by Gasteiger charge is -2.22. The quantitative estimate of drug-likeness (QED) is 0.140. The highest BCUT2D eigenvalue weighted by Crippen LogP contribution is 2.41. The van der Waals surface area contributed by atoms with Gasteiger partial charge in [0.25, 0.3) is 11.8 Å². The summed E-state index contributed by atoms with van der Waals surface area (Å²) < 4.78 is 65.5. The normalized spacial score (nSPS) is 11.0. The number of aryl methyl sites for hydroxylation is 2. The summed E-state index contributed by atoms with van der Waals surface area (Å²) in [5, 5.41) is 16.1. The maximum absolute atomic E-state index is 15.0. The first kappa shape index (κ1) is 48.4. The molecule has 0 radical (unpaired) electrons. The Kier molecular flexibility index (Phi) is 21.1. The van der Waals surface area contributed by atoms with Gasteiger partial charge in [0.05, 0.1) is 22.3 Å². The Morgan fingerprint density at radius 1 is 0.943 bits per heavy atom. The number of hydrogen-bond donors (Lipinski definition) is 3. The summed E-state index contributed by atoms with van der Waals surface area (Å²) in [5.41, 5.74) is 3.55. The molecule has 0 fully saturated rings. The third-order valence-corrected chi connectivity index (χ3v) is 7.67. The van der Waals surface area contributed by atoms with Crippen LogP contribution in [-0.4, -0.2) is 46.0 Å². The minimum absolute atomic E-state index is 0.106. The van der Waals surface area contributed by atoms with Gasteiger partial charge < -0.3 is 15.7 Å². The van der Waals surface area contributed by atoms with Gasteiger partial charge in [-0.1, -0.05) is 66.7 Å². The number of anilines is 1. The van der Waals surface area contributed by atoms with Crippen LogP contribution in [-0.2, 0) is 17.1 Å². The van der Waals surface area contributed by atoms with Crippen molar-refractivity contribution in [2.75, 3.05) is 11.9 Å². The van der Waals surface area contributed by atoms with Crippen molar-refractivity contribution >= 4 is 28.5 Å². The number of halogens is 5. The van der Waals surface area contributed by atoms with E-state index >= 15 is 0 Å². The summed E-state index contributed by atoms with van der Waals surface area (Å²) in [6.45, 7) is 23.0. The van der Waals surface area contributed by atoms with Crippen LogP contribution in [0.3, 0.4) is 0 Å². The summed E-state index contributed by atoms with van der Waals surface area (Å²) in [6, 6.07) is 8.04. The first-order valence-electron chi connectivity index (χ1n) is 18.1. The number of fused-ring (bicyclic) bond motifs is 1. The van der Waals surface area contributed by atoms with Crippen molar-refractivity contribution in [2.45, 2.75) is 121 Å². The number of carboxylic acid groups (broad SMARTS) is 1. The van der Waals surface area contributed by atoms with Gasteiger partial charge in [0.2, 0.25) is 6.43 Å². The van der Waals surface area contributed by atoms with Gasteiger partial charge in [-0.2, -0.15) is 0 Å². The van der Waals surface area contributed by atoms with Gasteiger partial charge in [0.15, 0.2) is 0 Å². The number of aliphatic carboxylic acids is 1.